The number of ketones is 2. The molecule has 1 aromatic heterocycles. The van der Waals surface area contributed by atoms with Crippen molar-refractivity contribution in [2.75, 3.05) is 34.4 Å². The Morgan fingerprint density at radius 2 is 1.68 bits per heavy atom. The van der Waals surface area contributed by atoms with Crippen molar-refractivity contribution in [3.8, 4) is 0 Å². The zero-order valence-corrected chi connectivity index (χ0v) is 41.6. The van der Waals surface area contributed by atoms with Crippen LogP contribution in [0.1, 0.15) is 93.6 Å². The second kappa shape index (κ2) is 20.2. The van der Waals surface area contributed by atoms with Crippen molar-refractivity contribution in [1.29, 1.82) is 0 Å². The largest absolute Gasteiger partial charge is 0.458 e. The lowest BCUT2D eigenvalue weighted by Gasteiger charge is -2.49. The van der Waals surface area contributed by atoms with Crippen LogP contribution in [0.25, 0.3) is 17.0 Å². The van der Waals surface area contributed by atoms with Gasteiger partial charge in [-0.1, -0.05) is 51.1 Å². The van der Waals surface area contributed by atoms with Crippen LogP contribution in [0, 0.1) is 23.2 Å². The van der Waals surface area contributed by atoms with Gasteiger partial charge in [-0.25, -0.2) is 0 Å². The number of aliphatic hydroxyl groups excluding tert-OH is 2. The number of para-hydroxylation sites is 1. The predicted molar refractivity (Wildman–Crippen MR) is 249 cm³/mol. The number of hydrogen-bond acceptors (Lipinski definition) is 17. The number of cyclic esters (lactones) is 1. The van der Waals surface area contributed by atoms with Crippen molar-refractivity contribution in [1.82, 2.24) is 15.2 Å². The third-order valence-corrected chi connectivity index (χ3v) is 15.6. The number of ether oxygens (including phenoxy) is 8. The quantitative estimate of drug-likeness (QED) is 0.213. The SMILES string of the molecule is CC[C@@H]1OC(=O)[C@H](C)C(=O)[C@H](OC2C[C@@](C)(OC)C(O)[C@H](C)O2)[C@@H](O[C@@H]2O[C@H](C)C[C@H](N(C)C)[C@H]2O)[C@@](C)(OC/C=C/c2cnc3ccccc3c2)C[C@@H](C)C(=O)C2(C)CNC3C(=O)O[C@@]1(C)C32. The molecule has 17 heteroatoms. The molecule has 0 amide bonds. The van der Waals surface area contributed by atoms with E-state index in [4.69, 9.17) is 37.9 Å². The number of pyridine rings is 1. The van der Waals surface area contributed by atoms with E-state index in [1.165, 1.54) is 14.0 Å². The number of nitrogens with one attached hydrogen (secondary N) is 1. The number of carbonyl (C=O) groups is 4. The molecule has 2 aromatic rings. The highest BCUT2D eigenvalue weighted by molar-refractivity contribution is 6.01. The molecule has 18 atom stereocenters. The van der Waals surface area contributed by atoms with Crippen LogP contribution >= 0.6 is 0 Å². The minimum absolute atomic E-state index is 0.0445. The Morgan fingerprint density at radius 1 is 0.956 bits per heavy atom. The highest BCUT2D eigenvalue weighted by Gasteiger charge is 2.69. The summed E-state index contributed by atoms with van der Waals surface area (Å²) in [7, 11) is 5.15. The van der Waals surface area contributed by atoms with Crippen molar-refractivity contribution < 1.29 is 67.3 Å². The van der Waals surface area contributed by atoms with Gasteiger partial charge in [0, 0.05) is 55.0 Å². The normalized spacial score (nSPS) is 42.9. The summed E-state index contributed by atoms with van der Waals surface area (Å²) in [4.78, 5) is 65.6. The Balaban J connectivity index is 1.38. The van der Waals surface area contributed by atoms with Crippen molar-refractivity contribution in [2.45, 2.75) is 172 Å². The first-order valence-corrected chi connectivity index (χ1v) is 24.1. The lowest BCUT2D eigenvalue weighted by molar-refractivity contribution is -0.328. The number of rotatable bonds is 11. The molecule has 5 saturated heterocycles. The molecule has 0 bridgehead atoms. The van der Waals surface area contributed by atoms with Gasteiger partial charge in [-0.15, -0.1) is 0 Å². The maximum absolute atomic E-state index is 15.5. The van der Waals surface area contributed by atoms with E-state index < -0.39 is 125 Å². The molecule has 1 aromatic carbocycles. The summed E-state index contributed by atoms with van der Waals surface area (Å²) < 4.78 is 51.6. The fraction of sp³-hybridized carbons (Fsp3) is 0.706. The van der Waals surface area contributed by atoms with Crippen molar-refractivity contribution in [3.05, 3.63) is 48.2 Å². The number of aliphatic hydroxyl groups is 2. The third-order valence-electron chi connectivity index (χ3n) is 15.6. The standard InChI is InChI=1S/C51H73N3O14/c1-13-35-51(9)41-37(46(60)68-51)53-26-48(41,6)42(57)27(2)23-50(8,62-20-16-17-31-22-32-18-14-15-19-33(32)52-25-31)44(67-47-39(56)34(54(10)11)21-28(3)63-47)40(38(55)29(4)45(59)65-35)66-36-24-49(7,61-12)43(58)30(5)64-36/h14-19,22,25,27-30,34-37,39-41,43-44,47,53,56,58H,13,20-21,23-24,26H2,1-12H3/b17-16+/t27-,28-,29-,30+,34+,35+,36?,37?,39-,40+,41?,43?,44-,47+,48?,49-,50+,51-/m1/s1. The number of Topliss-reactive ketones (excluding diaryl/α,β-unsaturated/α-hetero) is 2. The molecule has 0 radical (unpaired) electrons. The Bertz CT molecular complexity index is 2210. The highest BCUT2D eigenvalue weighted by atomic mass is 16.7. The lowest BCUT2D eigenvalue weighted by atomic mass is 9.62. The second-order valence-electron chi connectivity index (χ2n) is 20.9. The Kier molecular flexibility index (Phi) is 15.4. The average Bonchev–Trinajstić information content (AvgIpc) is 3.81. The van der Waals surface area contributed by atoms with Crippen LogP contribution in [-0.4, -0.2) is 162 Å². The number of carbonyl (C=O) groups excluding carboxylic acids is 4. The smallest absolute Gasteiger partial charge is 0.324 e. The molecule has 7 rings (SSSR count). The minimum atomic E-state index is -1.72. The number of fused-ring (bicyclic) bond motifs is 1. The number of hydrogen-bond donors (Lipinski definition) is 3. The number of aromatic nitrogens is 1. The Hall–Kier alpha value is -3.75. The summed E-state index contributed by atoms with van der Waals surface area (Å²) in [5, 5.41) is 27.4. The maximum Gasteiger partial charge on any atom is 0.324 e. The summed E-state index contributed by atoms with van der Waals surface area (Å²) in [6.45, 7) is 15.5. The van der Waals surface area contributed by atoms with Crippen LogP contribution in [0.15, 0.2) is 42.6 Å². The third kappa shape index (κ3) is 9.82. The first-order chi connectivity index (χ1) is 32.0. The number of likely N-dealkylation sites (N-methyl/N-ethyl adjacent to an activating group) is 1. The molecule has 68 heavy (non-hydrogen) atoms. The van der Waals surface area contributed by atoms with Gasteiger partial charge in [0.15, 0.2) is 24.0 Å². The van der Waals surface area contributed by atoms with Crippen LogP contribution < -0.4 is 5.32 Å². The second-order valence-corrected chi connectivity index (χ2v) is 20.9. The van der Waals surface area contributed by atoms with Crippen LogP contribution in [-0.2, 0) is 57.1 Å². The molecule has 6 heterocycles. The topological polar surface area (TPSA) is 211 Å². The first kappa shape index (κ1) is 52.1. The maximum atomic E-state index is 15.5. The molecular weight excluding hydrogens is 879 g/mol. The zero-order valence-electron chi connectivity index (χ0n) is 41.6. The summed E-state index contributed by atoms with van der Waals surface area (Å²) in [6, 6.07) is 8.47. The Morgan fingerprint density at radius 3 is 2.37 bits per heavy atom. The summed E-state index contributed by atoms with van der Waals surface area (Å²) in [6.07, 6.45) is -4.44. The van der Waals surface area contributed by atoms with Crippen LogP contribution in [0.4, 0.5) is 0 Å². The number of nitrogens with zero attached hydrogens (tertiary/aromatic N) is 2. The number of esters is 2. The summed E-state index contributed by atoms with van der Waals surface area (Å²) >= 11 is 0. The zero-order chi connectivity index (χ0) is 49.7. The van der Waals surface area contributed by atoms with E-state index in [9.17, 15) is 19.8 Å². The van der Waals surface area contributed by atoms with E-state index >= 15 is 9.59 Å². The molecule has 5 unspecified atom stereocenters. The van der Waals surface area contributed by atoms with Gasteiger partial charge < -0.3 is 58.3 Å². The highest BCUT2D eigenvalue weighted by Crippen LogP contribution is 2.53. The van der Waals surface area contributed by atoms with Crippen LogP contribution in [0.2, 0.25) is 0 Å². The van der Waals surface area contributed by atoms with E-state index in [1.54, 1.807) is 53.8 Å². The van der Waals surface area contributed by atoms with Crippen molar-refractivity contribution >= 4 is 40.5 Å². The molecule has 0 saturated carbocycles. The van der Waals surface area contributed by atoms with Crippen LogP contribution in [0.3, 0.4) is 0 Å². The van der Waals surface area contributed by atoms with Gasteiger partial charge in [-0.3, -0.25) is 24.2 Å². The predicted octanol–water partition coefficient (Wildman–Crippen LogP) is 4.17. The Labute approximate surface area is 399 Å². The fourth-order valence-electron chi connectivity index (χ4n) is 11.7. The lowest BCUT2D eigenvalue weighted by Crippen LogP contribution is -2.63. The van der Waals surface area contributed by atoms with Crippen molar-refractivity contribution in [2.24, 2.45) is 23.2 Å². The number of benzene rings is 1. The van der Waals surface area contributed by atoms with E-state index in [-0.39, 0.29) is 38.2 Å². The van der Waals surface area contributed by atoms with Crippen molar-refractivity contribution in [3.63, 3.8) is 0 Å². The number of methoxy groups -OCH3 is 1. The van der Waals surface area contributed by atoms with Gasteiger partial charge in [0.25, 0.3) is 0 Å². The summed E-state index contributed by atoms with van der Waals surface area (Å²) in [5.74, 6) is -5.55. The van der Waals surface area contributed by atoms with Gasteiger partial charge in [-0.05, 0) is 92.6 Å². The van der Waals surface area contributed by atoms with Crippen LogP contribution in [0.5, 0.6) is 0 Å². The molecule has 5 aliphatic rings. The van der Waals surface area contributed by atoms with E-state index in [1.807, 2.05) is 69.3 Å². The molecular formula is C51H73N3O14. The van der Waals surface area contributed by atoms with E-state index in [0.717, 1.165) is 16.5 Å². The molecule has 376 valence electrons. The first-order valence-electron chi connectivity index (χ1n) is 24.1. The van der Waals surface area contributed by atoms with Gasteiger partial charge in [-0.2, -0.15) is 0 Å². The van der Waals surface area contributed by atoms with E-state index in [0.29, 0.717) is 6.42 Å². The molecule has 3 N–H and O–H groups in total. The van der Waals surface area contributed by atoms with E-state index in [2.05, 4.69) is 10.3 Å². The molecule has 0 spiro atoms. The monoisotopic (exact) mass is 952 g/mol. The molecule has 0 aliphatic carbocycles. The summed E-state index contributed by atoms with van der Waals surface area (Å²) in [5.41, 5.74) is -3.85. The minimum Gasteiger partial charge on any atom is -0.458 e. The van der Waals surface area contributed by atoms with Gasteiger partial charge in [0.05, 0.1) is 35.5 Å². The average molecular weight is 952 g/mol. The molecule has 5 aliphatic heterocycles. The molecule has 17 nitrogen and oxygen atoms in total. The molecule has 5 fully saturated rings. The van der Waals surface area contributed by atoms with Gasteiger partial charge in [0.1, 0.15) is 48.3 Å². The van der Waals surface area contributed by atoms with Gasteiger partial charge >= 0.3 is 11.9 Å². The fourth-order valence-corrected chi connectivity index (χ4v) is 11.7. The van der Waals surface area contributed by atoms with Gasteiger partial charge in [0.2, 0.25) is 0 Å².